The van der Waals surface area contributed by atoms with Crippen molar-refractivity contribution in [1.82, 2.24) is 4.90 Å². The van der Waals surface area contributed by atoms with E-state index in [4.69, 9.17) is 0 Å². The number of benzene rings is 2. The molecule has 3 rings (SSSR count). The highest BCUT2D eigenvalue weighted by Gasteiger charge is 2.21. The van der Waals surface area contributed by atoms with Gasteiger partial charge in [0.2, 0.25) is 0 Å². The van der Waals surface area contributed by atoms with Gasteiger partial charge in [-0.2, -0.15) is 0 Å². The monoisotopic (exact) mass is 345 g/mol. The van der Waals surface area contributed by atoms with Crippen LogP contribution in [0.1, 0.15) is 30.9 Å². The van der Waals surface area contributed by atoms with Gasteiger partial charge in [-0.15, -0.1) is 0 Å². The second-order valence-corrected chi connectivity index (χ2v) is 6.54. The minimum atomic E-state index is -0.395. The van der Waals surface area contributed by atoms with Crippen LogP contribution in [0.4, 0.5) is 8.78 Å². The molecule has 0 unspecified atom stereocenters. The SMILES string of the molecule is CC(=O)C1CCN(Cc2ccccc2)CC1.Cc1cc(F)ccc1F. The highest BCUT2D eigenvalue weighted by molar-refractivity contribution is 5.78. The lowest BCUT2D eigenvalue weighted by molar-refractivity contribution is -0.122. The van der Waals surface area contributed by atoms with Gasteiger partial charge in [0, 0.05) is 12.5 Å². The molecule has 1 aliphatic heterocycles. The molecule has 0 spiro atoms. The lowest BCUT2D eigenvalue weighted by Crippen LogP contribution is -2.35. The standard InChI is InChI=1S/C14H19NO.C7H6F2/c1-12(16)14-7-9-15(10-8-14)11-13-5-3-2-4-6-13;1-5-4-6(8)2-3-7(5)9/h2-6,14H,7-11H2,1H3;2-4H,1H3. The number of piperidine rings is 1. The van der Waals surface area contributed by atoms with Crippen molar-refractivity contribution < 1.29 is 13.6 Å². The zero-order chi connectivity index (χ0) is 18.2. The van der Waals surface area contributed by atoms with Crippen LogP contribution in [0.3, 0.4) is 0 Å². The molecule has 0 aromatic heterocycles. The summed E-state index contributed by atoms with van der Waals surface area (Å²) in [5.41, 5.74) is 1.71. The molecule has 1 aliphatic rings. The number of rotatable bonds is 3. The quantitative estimate of drug-likeness (QED) is 0.799. The number of carbonyl (C=O) groups is 1. The molecule has 0 saturated carbocycles. The normalized spacial score (nSPS) is 15.4. The van der Waals surface area contributed by atoms with Gasteiger partial charge in [0.15, 0.2) is 0 Å². The molecule has 25 heavy (non-hydrogen) atoms. The number of likely N-dealkylation sites (tertiary alicyclic amines) is 1. The van der Waals surface area contributed by atoms with Crippen molar-refractivity contribution in [3.8, 4) is 0 Å². The first-order valence-electron chi connectivity index (χ1n) is 8.64. The summed E-state index contributed by atoms with van der Waals surface area (Å²) >= 11 is 0. The first-order valence-corrected chi connectivity index (χ1v) is 8.64. The van der Waals surface area contributed by atoms with Crippen LogP contribution in [-0.4, -0.2) is 23.8 Å². The maximum absolute atomic E-state index is 12.3. The Hall–Kier alpha value is -2.07. The number of nitrogens with zero attached hydrogens (tertiary/aromatic N) is 1. The van der Waals surface area contributed by atoms with Crippen LogP contribution in [0.5, 0.6) is 0 Å². The number of halogens is 2. The van der Waals surface area contributed by atoms with Gasteiger partial charge < -0.3 is 0 Å². The Kier molecular flexibility index (Phi) is 7.26. The van der Waals surface area contributed by atoms with Gasteiger partial charge in [-0.1, -0.05) is 30.3 Å². The topological polar surface area (TPSA) is 20.3 Å². The fourth-order valence-corrected chi connectivity index (χ4v) is 2.95. The van der Waals surface area contributed by atoms with Gasteiger partial charge in [0.1, 0.15) is 17.4 Å². The minimum Gasteiger partial charge on any atom is -0.300 e. The van der Waals surface area contributed by atoms with Crippen LogP contribution in [0.25, 0.3) is 0 Å². The van der Waals surface area contributed by atoms with Crippen LogP contribution in [0.15, 0.2) is 48.5 Å². The molecule has 2 aromatic rings. The van der Waals surface area contributed by atoms with Gasteiger partial charge in [-0.3, -0.25) is 9.69 Å². The van der Waals surface area contributed by atoms with Crippen LogP contribution in [0.2, 0.25) is 0 Å². The molecule has 0 bridgehead atoms. The molecule has 2 aromatic carbocycles. The summed E-state index contributed by atoms with van der Waals surface area (Å²) in [6.45, 7) is 6.37. The van der Waals surface area contributed by atoms with Crippen LogP contribution in [0, 0.1) is 24.5 Å². The smallest absolute Gasteiger partial charge is 0.133 e. The lowest BCUT2D eigenvalue weighted by atomic mass is 9.93. The Morgan fingerprint density at radius 3 is 2.24 bits per heavy atom. The second kappa shape index (κ2) is 9.42. The van der Waals surface area contributed by atoms with Crippen LogP contribution in [-0.2, 0) is 11.3 Å². The Morgan fingerprint density at radius 2 is 1.72 bits per heavy atom. The van der Waals surface area contributed by atoms with Crippen molar-refractivity contribution >= 4 is 5.78 Å². The number of carbonyl (C=O) groups excluding carboxylic acids is 1. The van der Waals surface area contributed by atoms with E-state index in [1.54, 1.807) is 6.92 Å². The molecule has 0 amide bonds. The first-order chi connectivity index (χ1) is 12.0. The van der Waals surface area contributed by atoms with Crippen molar-refractivity contribution in [2.75, 3.05) is 13.1 Å². The minimum absolute atomic E-state index is 0.312. The summed E-state index contributed by atoms with van der Waals surface area (Å²) in [6, 6.07) is 13.9. The van der Waals surface area contributed by atoms with E-state index in [2.05, 4.69) is 29.2 Å². The average Bonchev–Trinajstić information content (AvgIpc) is 2.60. The van der Waals surface area contributed by atoms with Crippen molar-refractivity contribution in [1.29, 1.82) is 0 Å². The van der Waals surface area contributed by atoms with Crippen molar-refractivity contribution in [3.05, 3.63) is 71.3 Å². The van der Waals surface area contributed by atoms with E-state index in [-0.39, 0.29) is 5.82 Å². The van der Waals surface area contributed by atoms with Crippen molar-refractivity contribution in [2.24, 2.45) is 5.92 Å². The van der Waals surface area contributed by atoms with Crippen molar-refractivity contribution in [3.63, 3.8) is 0 Å². The molecule has 0 radical (unpaired) electrons. The molecular weight excluding hydrogens is 320 g/mol. The van der Waals surface area contributed by atoms with Gasteiger partial charge in [0.25, 0.3) is 0 Å². The fraction of sp³-hybridized carbons (Fsp3) is 0.381. The number of aryl methyl sites for hydroxylation is 1. The molecule has 1 saturated heterocycles. The van der Waals surface area contributed by atoms with E-state index in [0.717, 1.165) is 50.7 Å². The number of ketones is 1. The van der Waals surface area contributed by atoms with Gasteiger partial charge in [-0.25, -0.2) is 8.78 Å². The Morgan fingerprint density at radius 1 is 1.08 bits per heavy atom. The first kappa shape index (κ1) is 19.3. The molecule has 1 heterocycles. The molecule has 2 nitrogen and oxygen atoms in total. The molecule has 0 N–H and O–H groups in total. The summed E-state index contributed by atoms with van der Waals surface area (Å²) in [4.78, 5) is 13.7. The summed E-state index contributed by atoms with van der Waals surface area (Å²) in [5.74, 6) is -0.0864. The highest BCUT2D eigenvalue weighted by atomic mass is 19.1. The number of Topliss-reactive ketones (excluding diaryl/α,β-unsaturated/α-hetero) is 1. The zero-order valence-corrected chi connectivity index (χ0v) is 14.8. The summed E-state index contributed by atoms with van der Waals surface area (Å²) < 4.78 is 24.5. The average molecular weight is 345 g/mol. The zero-order valence-electron chi connectivity index (χ0n) is 14.8. The molecule has 4 heteroatoms. The Labute approximate surface area is 148 Å². The van der Waals surface area contributed by atoms with E-state index in [1.807, 2.05) is 6.07 Å². The second-order valence-electron chi connectivity index (χ2n) is 6.54. The van der Waals surface area contributed by atoms with Crippen molar-refractivity contribution in [2.45, 2.75) is 33.2 Å². The predicted octanol–water partition coefficient (Wildman–Crippen LogP) is 4.76. The van der Waals surface area contributed by atoms with Gasteiger partial charge >= 0.3 is 0 Å². The molecule has 1 fully saturated rings. The summed E-state index contributed by atoms with van der Waals surface area (Å²) in [5, 5.41) is 0. The molecular formula is C21H25F2NO. The highest BCUT2D eigenvalue weighted by Crippen LogP contribution is 2.19. The number of hydrogen-bond acceptors (Lipinski definition) is 2. The lowest BCUT2D eigenvalue weighted by Gasteiger charge is -2.30. The summed E-state index contributed by atoms with van der Waals surface area (Å²) in [7, 11) is 0. The number of hydrogen-bond donors (Lipinski definition) is 0. The van der Waals surface area contributed by atoms with E-state index in [0.29, 0.717) is 17.3 Å². The molecule has 134 valence electrons. The van der Waals surface area contributed by atoms with E-state index in [9.17, 15) is 13.6 Å². The molecule has 0 atom stereocenters. The van der Waals surface area contributed by atoms with E-state index in [1.165, 1.54) is 12.5 Å². The van der Waals surface area contributed by atoms with Crippen LogP contribution < -0.4 is 0 Å². The summed E-state index contributed by atoms with van der Waals surface area (Å²) in [6.07, 6.45) is 2.06. The Bertz CT molecular complexity index is 680. The third-order valence-corrected chi connectivity index (χ3v) is 4.53. The van der Waals surface area contributed by atoms with Gasteiger partial charge in [-0.05, 0) is 69.1 Å². The van der Waals surface area contributed by atoms with Crippen LogP contribution >= 0.6 is 0 Å². The maximum Gasteiger partial charge on any atom is 0.133 e. The Balaban J connectivity index is 0.000000212. The van der Waals surface area contributed by atoms with Gasteiger partial charge in [0.05, 0.1) is 0 Å². The fourth-order valence-electron chi connectivity index (χ4n) is 2.95. The maximum atomic E-state index is 12.3. The third kappa shape index (κ3) is 6.39. The van der Waals surface area contributed by atoms with E-state index >= 15 is 0 Å². The molecule has 0 aliphatic carbocycles. The predicted molar refractivity (Wildman–Crippen MR) is 96.2 cm³/mol. The van der Waals surface area contributed by atoms with E-state index < -0.39 is 5.82 Å². The third-order valence-electron chi connectivity index (χ3n) is 4.53. The largest absolute Gasteiger partial charge is 0.300 e.